The van der Waals surface area contributed by atoms with Crippen molar-refractivity contribution < 1.29 is 4.21 Å². The summed E-state index contributed by atoms with van der Waals surface area (Å²) in [5.74, 6) is 0. The van der Waals surface area contributed by atoms with Crippen molar-refractivity contribution in [3.8, 4) is 0 Å². The highest BCUT2D eigenvalue weighted by molar-refractivity contribution is 7.84. The molecule has 0 aromatic carbocycles. The van der Waals surface area contributed by atoms with Crippen molar-refractivity contribution in [2.24, 2.45) is 0 Å². The molecule has 3 unspecified atom stereocenters. The summed E-state index contributed by atoms with van der Waals surface area (Å²) in [5.41, 5.74) is 1.94. The van der Waals surface area contributed by atoms with Crippen LogP contribution in [-0.4, -0.2) is 32.2 Å². The highest BCUT2D eigenvalue weighted by atomic mass is 32.2. The molecule has 0 saturated carbocycles. The van der Waals surface area contributed by atoms with Gasteiger partial charge in [0.2, 0.25) is 0 Å². The van der Waals surface area contributed by atoms with E-state index in [2.05, 4.69) is 22.2 Å². The van der Waals surface area contributed by atoms with E-state index in [1.807, 2.05) is 13.8 Å². The molecule has 0 bridgehead atoms. The highest BCUT2D eigenvalue weighted by Gasteiger charge is 2.11. The van der Waals surface area contributed by atoms with E-state index in [1.54, 1.807) is 18.6 Å². The molecule has 3 atom stereocenters. The summed E-state index contributed by atoms with van der Waals surface area (Å²) in [6, 6.07) is 0.182. The normalized spacial score (nSPS) is 16.5. The fourth-order valence-electron chi connectivity index (χ4n) is 1.61. The number of hydrogen-bond acceptors (Lipinski definition) is 4. The Morgan fingerprint density at radius 3 is 2.59 bits per heavy atom. The Morgan fingerprint density at radius 2 is 2.00 bits per heavy atom. The minimum absolute atomic E-state index is 0.182. The minimum atomic E-state index is -0.742. The van der Waals surface area contributed by atoms with Gasteiger partial charge in [-0.05, 0) is 26.8 Å². The molecule has 0 fully saturated rings. The van der Waals surface area contributed by atoms with Crippen LogP contribution in [0, 0.1) is 6.92 Å². The predicted octanol–water partition coefficient (Wildman–Crippen LogP) is 1.59. The smallest absolute Gasteiger partial charge is 0.0782 e. The maximum absolute atomic E-state index is 11.2. The Kier molecular flexibility index (Phi) is 5.71. The first-order chi connectivity index (χ1) is 8.02. The van der Waals surface area contributed by atoms with Crippen LogP contribution in [0.4, 0.5) is 0 Å². The van der Waals surface area contributed by atoms with Crippen LogP contribution in [0.15, 0.2) is 12.4 Å². The van der Waals surface area contributed by atoms with Gasteiger partial charge in [-0.25, -0.2) is 0 Å². The van der Waals surface area contributed by atoms with Gasteiger partial charge in [-0.3, -0.25) is 14.2 Å². The first-order valence-electron chi connectivity index (χ1n) is 5.85. The zero-order valence-electron chi connectivity index (χ0n) is 10.9. The molecule has 1 aromatic rings. The average molecular weight is 255 g/mol. The second-order valence-corrected chi connectivity index (χ2v) is 6.10. The van der Waals surface area contributed by atoms with Gasteiger partial charge in [0.1, 0.15) is 0 Å². The van der Waals surface area contributed by atoms with E-state index in [4.69, 9.17) is 0 Å². The van der Waals surface area contributed by atoms with Gasteiger partial charge in [0, 0.05) is 40.7 Å². The fraction of sp³-hybridized carbons (Fsp3) is 0.667. The SMILES string of the molecule is Cc1nccnc1C(C)NCCC(C)S(C)=O. The number of hydrogen-bond donors (Lipinski definition) is 1. The lowest BCUT2D eigenvalue weighted by atomic mass is 10.2. The third-order valence-electron chi connectivity index (χ3n) is 2.90. The topological polar surface area (TPSA) is 54.9 Å². The van der Waals surface area contributed by atoms with Crippen LogP contribution in [0.3, 0.4) is 0 Å². The molecule has 0 radical (unpaired) electrons. The van der Waals surface area contributed by atoms with Gasteiger partial charge in [-0.2, -0.15) is 0 Å². The highest BCUT2D eigenvalue weighted by Crippen LogP contribution is 2.11. The quantitative estimate of drug-likeness (QED) is 0.839. The fourth-order valence-corrected chi connectivity index (χ4v) is 2.06. The summed E-state index contributed by atoms with van der Waals surface area (Å²) in [6.07, 6.45) is 6.08. The van der Waals surface area contributed by atoms with E-state index in [1.165, 1.54) is 0 Å². The standard InChI is InChI=1S/C12H21N3OS/c1-9(17(4)16)5-6-13-10(2)12-11(3)14-7-8-15-12/h7-10,13H,5-6H2,1-4H3. The zero-order chi connectivity index (χ0) is 12.8. The van der Waals surface area contributed by atoms with Crippen LogP contribution in [0.1, 0.15) is 37.7 Å². The molecular formula is C12H21N3OS. The van der Waals surface area contributed by atoms with Crippen molar-refractivity contribution in [1.82, 2.24) is 15.3 Å². The van der Waals surface area contributed by atoms with Crippen molar-refractivity contribution in [3.05, 3.63) is 23.8 Å². The molecule has 0 saturated heterocycles. The van der Waals surface area contributed by atoms with Crippen LogP contribution < -0.4 is 5.32 Å². The number of nitrogens with zero attached hydrogens (tertiary/aromatic N) is 2. The van der Waals surface area contributed by atoms with Crippen molar-refractivity contribution in [1.29, 1.82) is 0 Å². The lowest BCUT2D eigenvalue weighted by molar-refractivity contribution is 0.539. The van der Waals surface area contributed by atoms with Crippen LogP contribution >= 0.6 is 0 Å². The Labute approximate surface area is 106 Å². The van der Waals surface area contributed by atoms with E-state index in [9.17, 15) is 4.21 Å². The van der Waals surface area contributed by atoms with E-state index >= 15 is 0 Å². The van der Waals surface area contributed by atoms with Gasteiger partial charge in [-0.15, -0.1) is 0 Å². The average Bonchev–Trinajstić information content (AvgIpc) is 2.29. The Morgan fingerprint density at radius 1 is 1.35 bits per heavy atom. The van der Waals surface area contributed by atoms with Crippen molar-refractivity contribution in [3.63, 3.8) is 0 Å². The van der Waals surface area contributed by atoms with Crippen LogP contribution in [0.2, 0.25) is 0 Å². The van der Waals surface area contributed by atoms with Gasteiger partial charge >= 0.3 is 0 Å². The summed E-state index contributed by atoms with van der Waals surface area (Å²) >= 11 is 0. The molecule has 1 N–H and O–H groups in total. The number of aryl methyl sites for hydroxylation is 1. The van der Waals surface area contributed by atoms with Crippen LogP contribution in [0.25, 0.3) is 0 Å². The van der Waals surface area contributed by atoms with E-state index in [0.29, 0.717) is 0 Å². The molecule has 0 aliphatic carbocycles. The molecule has 0 spiro atoms. The lowest BCUT2D eigenvalue weighted by Crippen LogP contribution is -2.25. The van der Waals surface area contributed by atoms with Gasteiger partial charge in [0.15, 0.2) is 0 Å². The molecule has 4 nitrogen and oxygen atoms in total. The van der Waals surface area contributed by atoms with Crippen LogP contribution in [0.5, 0.6) is 0 Å². The first-order valence-corrected chi connectivity index (χ1v) is 7.47. The second kappa shape index (κ2) is 6.81. The van der Waals surface area contributed by atoms with Gasteiger partial charge in [0.25, 0.3) is 0 Å². The Hall–Kier alpha value is -0.810. The zero-order valence-corrected chi connectivity index (χ0v) is 11.8. The summed E-state index contributed by atoms with van der Waals surface area (Å²) in [7, 11) is -0.742. The summed E-state index contributed by atoms with van der Waals surface area (Å²) in [5, 5.41) is 3.62. The van der Waals surface area contributed by atoms with Crippen molar-refractivity contribution in [2.75, 3.05) is 12.8 Å². The summed E-state index contributed by atoms with van der Waals surface area (Å²) < 4.78 is 11.2. The first kappa shape index (κ1) is 14.3. The third-order valence-corrected chi connectivity index (χ3v) is 4.27. The maximum atomic E-state index is 11.2. The summed E-state index contributed by atoms with van der Waals surface area (Å²) in [6.45, 7) is 6.89. The Bertz CT molecular complexity index is 384. The van der Waals surface area contributed by atoms with E-state index < -0.39 is 10.8 Å². The molecule has 1 rings (SSSR count). The van der Waals surface area contributed by atoms with Gasteiger partial charge in [0.05, 0.1) is 11.4 Å². The second-order valence-electron chi connectivity index (χ2n) is 4.30. The van der Waals surface area contributed by atoms with Crippen LogP contribution in [-0.2, 0) is 10.8 Å². The predicted molar refractivity (Wildman–Crippen MR) is 71.3 cm³/mol. The van der Waals surface area contributed by atoms with Gasteiger partial charge < -0.3 is 5.32 Å². The Balaban J connectivity index is 2.43. The molecular weight excluding hydrogens is 234 g/mol. The number of rotatable bonds is 6. The maximum Gasteiger partial charge on any atom is 0.0782 e. The molecule has 1 heterocycles. The molecule has 0 aliphatic heterocycles. The van der Waals surface area contributed by atoms with E-state index in [0.717, 1.165) is 24.4 Å². The molecule has 1 aromatic heterocycles. The largest absolute Gasteiger partial charge is 0.309 e. The van der Waals surface area contributed by atoms with Crippen molar-refractivity contribution >= 4 is 10.8 Å². The van der Waals surface area contributed by atoms with Crippen molar-refractivity contribution in [2.45, 2.75) is 38.5 Å². The molecule has 17 heavy (non-hydrogen) atoms. The van der Waals surface area contributed by atoms with E-state index in [-0.39, 0.29) is 11.3 Å². The lowest BCUT2D eigenvalue weighted by Gasteiger charge is -2.16. The summed E-state index contributed by atoms with van der Waals surface area (Å²) in [4.78, 5) is 8.55. The minimum Gasteiger partial charge on any atom is -0.309 e. The molecule has 96 valence electrons. The molecule has 5 heteroatoms. The number of aromatic nitrogens is 2. The monoisotopic (exact) mass is 255 g/mol. The molecule has 0 amide bonds. The third kappa shape index (κ3) is 4.52. The van der Waals surface area contributed by atoms with Gasteiger partial charge in [-0.1, -0.05) is 6.92 Å². The number of nitrogens with one attached hydrogen (secondary N) is 1. The molecule has 0 aliphatic rings.